The molecule has 0 bridgehead atoms. The van der Waals surface area contributed by atoms with E-state index in [0.717, 1.165) is 0 Å². The van der Waals surface area contributed by atoms with E-state index in [-0.39, 0.29) is 17.3 Å². The highest BCUT2D eigenvalue weighted by Gasteiger charge is 2.34. The van der Waals surface area contributed by atoms with Gasteiger partial charge in [-0.15, -0.1) is 0 Å². The Hall–Kier alpha value is -3.11. The molecule has 0 unspecified atom stereocenters. The molecule has 0 aliphatic carbocycles. The van der Waals surface area contributed by atoms with Gasteiger partial charge in [-0.2, -0.15) is 9.29 Å². The monoisotopic (exact) mass is 472 g/mol. The minimum atomic E-state index is -3.86. The number of halogens is 1. The van der Waals surface area contributed by atoms with Crippen molar-refractivity contribution in [2.75, 3.05) is 18.4 Å². The largest absolute Gasteiger partial charge is 0.339 e. The summed E-state index contributed by atoms with van der Waals surface area (Å²) in [5.41, 5.74) is 1.95. The van der Waals surface area contributed by atoms with E-state index in [4.69, 9.17) is 4.52 Å². The van der Waals surface area contributed by atoms with Crippen molar-refractivity contribution in [2.45, 2.75) is 38.5 Å². The lowest BCUT2D eigenvalue weighted by atomic mass is 9.98. The van der Waals surface area contributed by atoms with Gasteiger partial charge >= 0.3 is 0 Å². The van der Waals surface area contributed by atoms with Crippen molar-refractivity contribution in [3.05, 3.63) is 59.2 Å². The Balaban J connectivity index is 1.54. The topological polar surface area (TPSA) is 105 Å². The number of carbonyl (C=O) groups excluding carboxylic acids is 1. The summed E-state index contributed by atoms with van der Waals surface area (Å²) in [5, 5.41) is 6.57. The van der Waals surface area contributed by atoms with Crippen LogP contribution in [-0.2, 0) is 14.8 Å². The molecule has 0 radical (unpaired) electrons. The number of nitrogens with one attached hydrogen (secondary N) is 1. The van der Waals surface area contributed by atoms with Gasteiger partial charge in [-0.05, 0) is 56.0 Å². The smallest absolute Gasteiger partial charge is 0.243 e. The van der Waals surface area contributed by atoms with Gasteiger partial charge in [-0.3, -0.25) is 4.79 Å². The fourth-order valence-electron chi connectivity index (χ4n) is 3.86. The van der Waals surface area contributed by atoms with E-state index < -0.39 is 21.8 Å². The molecule has 1 saturated heterocycles. The SMILES string of the molecule is Cc1nc(-c2ccc(C)c(S(=O)(=O)N3CCC[C@H](C(=O)Nc4ccc(C)c(F)c4)C3)c2)no1. The Morgan fingerprint density at radius 2 is 1.91 bits per heavy atom. The molecule has 1 fully saturated rings. The van der Waals surface area contributed by atoms with Crippen molar-refractivity contribution in [1.29, 1.82) is 0 Å². The van der Waals surface area contributed by atoms with Gasteiger partial charge in [0, 0.05) is 31.3 Å². The molecular formula is C23H25FN4O4S. The fraction of sp³-hybridized carbons (Fsp3) is 0.348. The van der Waals surface area contributed by atoms with Crippen molar-refractivity contribution in [1.82, 2.24) is 14.4 Å². The summed E-state index contributed by atoms with van der Waals surface area (Å²) in [6.45, 7) is 5.38. The lowest BCUT2D eigenvalue weighted by molar-refractivity contribution is -0.120. The van der Waals surface area contributed by atoms with Gasteiger partial charge in [-0.25, -0.2) is 12.8 Å². The van der Waals surface area contributed by atoms with Crippen LogP contribution < -0.4 is 5.32 Å². The average molecular weight is 473 g/mol. The molecule has 1 atom stereocenters. The van der Waals surface area contributed by atoms with Crippen LogP contribution >= 0.6 is 0 Å². The van der Waals surface area contributed by atoms with Crippen LogP contribution in [0.5, 0.6) is 0 Å². The second-order valence-electron chi connectivity index (χ2n) is 8.27. The van der Waals surface area contributed by atoms with Crippen LogP contribution in [-0.4, -0.2) is 41.9 Å². The van der Waals surface area contributed by atoms with E-state index >= 15 is 0 Å². The maximum absolute atomic E-state index is 13.8. The number of rotatable bonds is 5. The van der Waals surface area contributed by atoms with Crippen molar-refractivity contribution in [3.8, 4) is 11.4 Å². The molecule has 0 saturated carbocycles. The molecule has 8 nitrogen and oxygen atoms in total. The third-order valence-electron chi connectivity index (χ3n) is 5.79. The zero-order chi connectivity index (χ0) is 23.8. The van der Waals surface area contributed by atoms with E-state index in [1.165, 1.54) is 16.4 Å². The van der Waals surface area contributed by atoms with Gasteiger partial charge in [0.1, 0.15) is 5.82 Å². The number of hydrogen-bond acceptors (Lipinski definition) is 6. The highest BCUT2D eigenvalue weighted by Crippen LogP contribution is 2.29. The molecule has 2 heterocycles. The standard InChI is InChI=1S/C23H25FN4O4S/c1-14-7-9-19(12-20(14)24)26-23(29)18-5-4-10-28(13-18)33(30,31)21-11-17(8-6-15(21)2)22-25-16(3)32-27-22/h6-9,11-12,18H,4-5,10,13H2,1-3H3,(H,26,29)/t18-/m0/s1. The Bertz CT molecular complexity index is 1310. The first kappa shape index (κ1) is 23.1. The lowest BCUT2D eigenvalue weighted by Crippen LogP contribution is -2.43. The molecule has 10 heteroatoms. The summed E-state index contributed by atoms with van der Waals surface area (Å²) in [7, 11) is -3.86. The van der Waals surface area contributed by atoms with E-state index in [2.05, 4.69) is 15.5 Å². The maximum atomic E-state index is 13.8. The Morgan fingerprint density at radius 1 is 1.15 bits per heavy atom. The third-order valence-corrected chi connectivity index (χ3v) is 7.79. The number of nitrogens with zero attached hydrogens (tertiary/aromatic N) is 3. The number of anilines is 1. The number of aryl methyl sites for hydroxylation is 3. The first-order valence-electron chi connectivity index (χ1n) is 10.6. The predicted octanol–water partition coefficient (Wildman–Crippen LogP) is 3.84. The van der Waals surface area contributed by atoms with Crippen LogP contribution in [0.3, 0.4) is 0 Å². The lowest BCUT2D eigenvalue weighted by Gasteiger charge is -2.31. The summed E-state index contributed by atoms with van der Waals surface area (Å²) in [5.74, 6) is -0.585. The number of amides is 1. The van der Waals surface area contributed by atoms with Crippen molar-refractivity contribution >= 4 is 21.6 Å². The van der Waals surface area contributed by atoms with E-state index in [0.29, 0.717) is 53.5 Å². The van der Waals surface area contributed by atoms with Crippen molar-refractivity contribution < 1.29 is 22.1 Å². The number of hydrogen-bond donors (Lipinski definition) is 1. The summed E-state index contributed by atoms with van der Waals surface area (Å²) < 4.78 is 47.1. The van der Waals surface area contributed by atoms with Gasteiger partial charge in [0.2, 0.25) is 27.6 Å². The van der Waals surface area contributed by atoms with E-state index in [9.17, 15) is 17.6 Å². The normalized spacial score (nSPS) is 17.2. The number of aromatic nitrogens is 2. The molecule has 174 valence electrons. The van der Waals surface area contributed by atoms with Crippen LogP contribution in [0.15, 0.2) is 45.8 Å². The molecule has 1 aliphatic rings. The quantitative estimate of drug-likeness (QED) is 0.605. The highest BCUT2D eigenvalue weighted by atomic mass is 32.2. The minimum Gasteiger partial charge on any atom is -0.339 e. The zero-order valence-corrected chi connectivity index (χ0v) is 19.4. The predicted molar refractivity (Wildman–Crippen MR) is 120 cm³/mol. The summed E-state index contributed by atoms with van der Waals surface area (Å²) in [6.07, 6.45) is 1.09. The van der Waals surface area contributed by atoms with E-state index in [1.807, 2.05) is 0 Å². The first-order valence-corrected chi connectivity index (χ1v) is 12.1. The summed E-state index contributed by atoms with van der Waals surface area (Å²) in [6, 6.07) is 9.46. The Labute approximate surface area is 191 Å². The van der Waals surface area contributed by atoms with E-state index in [1.54, 1.807) is 45.0 Å². The maximum Gasteiger partial charge on any atom is 0.243 e. The average Bonchev–Trinajstić information content (AvgIpc) is 3.23. The zero-order valence-electron chi connectivity index (χ0n) is 18.6. The third kappa shape index (κ3) is 4.81. The van der Waals surface area contributed by atoms with Crippen LogP contribution in [0.4, 0.5) is 10.1 Å². The van der Waals surface area contributed by atoms with Gasteiger partial charge in [0.05, 0.1) is 10.8 Å². The summed E-state index contributed by atoms with van der Waals surface area (Å²) in [4.78, 5) is 17.1. The number of piperidine rings is 1. The van der Waals surface area contributed by atoms with Crippen LogP contribution in [0.2, 0.25) is 0 Å². The molecule has 1 aromatic heterocycles. The molecule has 1 aliphatic heterocycles. The minimum absolute atomic E-state index is 0.0491. The van der Waals surface area contributed by atoms with Gasteiger partial charge in [0.25, 0.3) is 0 Å². The van der Waals surface area contributed by atoms with Crippen LogP contribution in [0.1, 0.15) is 29.9 Å². The molecule has 4 rings (SSSR count). The molecule has 3 aromatic rings. The molecule has 33 heavy (non-hydrogen) atoms. The van der Waals surface area contributed by atoms with Crippen molar-refractivity contribution in [2.24, 2.45) is 5.92 Å². The number of carbonyl (C=O) groups is 1. The first-order chi connectivity index (χ1) is 15.6. The second kappa shape index (κ2) is 9.03. The molecular weight excluding hydrogens is 447 g/mol. The number of benzene rings is 2. The van der Waals surface area contributed by atoms with Crippen LogP contribution in [0, 0.1) is 32.5 Å². The number of sulfonamides is 1. The Morgan fingerprint density at radius 3 is 2.61 bits per heavy atom. The highest BCUT2D eigenvalue weighted by molar-refractivity contribution is 7.89. The fourth-order valence-corrected chi connectivity index (χ4v) is 5.64. The van der Waals surface area contributed by atoms with Gasteiger partial charge < -0.3 is 9.84 Å². The Kier molecular flexibility index (Phi) is 6.31. The molecule has 2 aromatic carbocycles. The van der Waals surface area contributed by atoms with Gasteiger partial charge in [-0.1, -0.05) is 23.4 Å². The van der Waals surface area contributed by atoms with Crippen molar-refractivity contribution in [3.63, 3.8) is 0 Å². The van der Waals surface area contributed by atoms with Crippen LogP contribution in [0.25, 0.3) is 11.4 Å². The summed E-state index contributed by atoms with van der Waals surface area (Å²) >= 11 is 0. The van der Waals surface area contributed by atoms with Gasteiger partial charge in [0.15, 0.2) is 0 Å². The molecule has 1 amide bonds. The molecule has 1 N–H and O–H groups in total. The molecule has 0 spiro atoms. The second-order valence-corrected chi connectivity index (χ2v) is 10.2.